The van der Waals surface area contributed by atoms with Gasteiger partial charge in [-0.1, -0.05) is 73.4 Å². The molecule has 9 heteroatoms. The molecule has 4 rings (SSSR count). The molecule has 2 aromatic rings. The third-order valence-electron chi connectivity index (χ3n) is 7.25. The van der Waals surface area contributed by atoms with Gasteiger partial charge in [-0.15, -0.1) is 12.4 Å². The smallest absolute Gasteiger partial charge is 0.243 e. The highest BCUT2D eigenvalue weighted by Gasteiger charge is 2.48. The fraction of sp³-hybridized carbons (Fsp3) is 0.500. The van der Waals surface area contributed by atoms with Crippen molar-refractivity contribution in [1.29, 1.82) is 0 Å². The van der Waals surface area contributed by atoms with E-state index >= 15 is 0 Å². The number of rotatable bonds is 9. The van der Waals surface area contributed by atoms with Gasteiger partial charge < -0.3 is 16.0 Å². The molecular weight excluding hydrogens is 531 g/mol. The van der Waals surface area contributed by atoms with Gasteiger partial charge in [0.2, 0.25) is 11.8 Å². The molecule has 0 aromatic heterocycles. The Kier molecular flexibility index (Phi) is 10.7. The second-order valence-corrected chi connectivity index (χ2v) is 11.3. The van der Waals surface area contributed by atoms with Crippen LogP contribution in [0.25, 0.3) is 0 Å². The number of benzene rings is 2. The quantitative estimate of drug-likeness (QED) is 0.461. The number of nitrogens with zero attached hydrogens (tertiary/aromatic N) is 2. The van der Waals surface area contributed by atoms with E-state index in [4.69, 9.17) is 28.9 Å². The number of carbonyl (C=O) groups is 2. The number of carbonyl (C=O) groups excluding carboxylic acids is 2. The molecule has 2 saturated heterocycles. The first-order valence-electron chi connectivity index (χ1n) is 12.8. The molecule has 0 spiro atoms. The van der Waals surface area contributed by atoms with E-state index in [-0.39, 0.29) is 48.3 Å². The maximum Gasteiger partial charge on any atom is 0.243 e. The van der Waals surface area contributed by atoms with Gasteiger partial charge in [0.1, 0.15) is 6.04 Å². The maximum atomic E-state index is 13.7. The van der Waals surface area contributed by atoms with E-state index in [2.05, 4.69) is 48.3 Å². The molecule has 2 heterocycles. The zero-order chi connectivity index (χ0) is 25.8. The van der Waals surface area contributed by atoms with Crippen LogP contribution in [0, 0.1) is 5.92 Å². The minimum Gasteiger partial charge on any atom is -0.350 e. The summed E-state index contributed by atoms with van der Waals surface area (Å²) in [7, 11) is 0. The normalized spacial score (nSPS) is 22.5. The largest absolute Gasteiger partial charge is 0.350 e. The Morgan fingerprint density at radius 2 is 1.81 bits per heavy atom. The number of amides is 2. The van der Waals surface area contributed by atoms with Crippen LogP contribution in [0.4, 0.5) is 0 Å². The van der Waals surface area contributed by atoms with Crippen molar-refractivity contribution in [1.82, 2.24) is 15.1 Å². The first kappa shape index (κ1) is 29.7. The molecule has 0 saturated carbocycles. The molecular formula is C28H37Cl3N4O2. The highest BCUT2D eigenvalue weighted by molar-refractivity contribution is 6.42. The SMILES string of the molecule is CC(C)C[C@H](C(=O)NCc1ccc(Cl)c(Cl)c1)N1CC(CCc2ccccc2)N2C[C@H](N)C[C@H]2C1=O.Cl. The van der Waals surface area contributed by atoms with Crippen molar-refractivity contribution in [3.63, 3.8) is 0 Å². The summed E-state index contributed by atoms with van der Waals surface area (Å²) in [6.07, 6.45) is 3.07. The number of aryl methyl sites for hydroxylation is 1. The van der Waals surface area contributed by atoms with Crippen LogP contribution in [-0.2, 0) is 22.6 Å². The molecule has 0 radical (unpaired) electrons. The van der Waals surface area contributed by atoms with E-state index < -0.39 is 6.04 Å². The molecule has 202 valence electrons. The highest BCUT2D eigenvalue weighted by Crippen LogP contribution is 2.31. The lowest BCUT2D eigenvalue weighted by molar-refractivity contribution is -0.151. The molecule has 2 fully saturated rings. The molecule has 2 aliphatic rings. The number of nitrogens with two attached hydrogens (primary N) is 1. The van der Waals surface area contributed by atoms with Gasteiger partial charge in [0.15, 0.2) is 0 Å². The lowest BCUT2D eigenvalue weighted by Crippen LogP contribution is -2.64. The lowest BCUT2D eigenvalue weighted by Gasteiger charge is -2.46. The molecule has 2 amide bonds. The summed E-state index contributed by atoms with van der Waals surface area (Å²) in [5.41, 5.74) is 8.45. The molecule has 6 nitrogen and oxygen atoms in total. The van der Waals surface area contributed by atoms with Crippen molar-refractivity contribution in [2.75, 3.05) is 13.1 Å². The van der Waals surface area contributed by atoms with Gasteiger partial charge >= 0.3 is 0 Å². The van der Waals surface area contributed by atoms with Gasteiger partial charge in [-0.3, -0.25) is 14.5 Å². The van der Waals surface area contributed by atoms with Crippen molar-refractivity contribution in [2.45, 2.75) is 70.2 Å². The van der Waals surface area contributed by atoms with Crippen LogP contribution in [0.1, 0.15) is 44.2 Å². The fourth-order valence-electron chi connectivity index (χ4n) is 5.45. The Balaban J connectivity index is 0.00000380. The Labute approximate surface area is 236 Å². The molecule has 0 aliphatic carbocycles. The molecule has 0 bridgehead atoms. The molecule has 1 unspecified atom stereocenters. The van der Waals surface area contributed by atoms with Gasteiger partial charge in [-0.05, 0) is 54.9 Å². The molecule has 3 N–H and O–H groups in total. The number of hydrogen-bond donors (Lipinski definition) is 2. The second-order valence-electron chi connectivity index (χ2n) is 10.5. The molecule has 2 aromatic carbocycles. The summed E-state index contributed by atoms with van der Waals surface area (Å²) >= 11 is 12.2. The average molecular weight is 568 g/mol. The third-order valence-corrected chi connectivity index (χ3v) is 7.99. The summed E-state index contributed by atoms with van der Waals surface area (Å²) in [6.45, 7) is 5.75. The van der Waals surface area contributed by atoms with Crippen LogP contribution in [0.15, 0.2) is 48.5 Å². The van der Waals surface area contributed by atoms with E-state index in [1.54, 1.807) is 12.1 Å². The highest BCUT2D eigenvalue weighted by atomic mass is 35.5. The van der Waals surface area contributed by atoms with E-state index in [9.17, 15) is 9.59 Å². The van der Waals surface area contributed by atoms with Crippen LogP contribution in [-0.4, -0.2) is 58.9 Å². The number of piperazine rings is 1. The first-order chi connectivity index (χ1) is 17.2. The summed E-state index contributed by atoms with van der Waals surface area (Å²) in [4.78, 5) is 31.3. The van der Waals surface area contributed by atoms with Crippen molar-refractivity contribution in [2.24, 2.45) is 11.7 Å². The van der Waals surface area contributed by atoms with Crippen molar-refractivity contribution in [3.8, 4) is 0 Å². The Hall–Kier alpha value is -1.83. The zero-order valence-electron chi connectivity index (χ0n) is 21.4. The molecule has 37 heavy (non-hydrogen) atoms. The summed E-state index contributed by atoms with van der Waals surface area (Å²) in [6, 6.07) is 15.1. The Morgan fingerprint density at radius 3 is 2.49 bits per heavy atom. The van der Waals surface area contributed by atoms with Gasteiger partial charge in [0.05, 0.1) is 16.1 Å². The van der Waals surface area contributed by atoms with Crippen LogP contribution in [0.5, 0.6) is 0 Å². The predicted molar refractivity (Wildman–Crippen MR) is 152 cm³/mol. The number of halogens is 3. The Bertz CT molecular complexity index is 1070. The monoisotopic (exact) mass is 566 g/mol. The van der Waals surface area contributed by atoms with Crippen LogP contribution in [0.2, 0.25) is 10.0 Å². The Morgan fingerprint density at radius 1 is 1.08 bits per heavy atom. The topological polar surface area (TPSA) is 78.7 Å². The summed E-state index contributed by atoms with van der Waals surface area (Å²) < 4.78 is 0. The molecule has 2 aliphatic heterocycles. The van der Waals surface area contributed by atoms with Gasteiger partial charge in [0.25, 0.3) is 0 Å². The maximum absolute atomic E-state index is 13.7. The van der Waals surface area contributed by atoms with E-state index in [0.717, 1.165) is 24.9 Å². The van der Waals surface area contributed by atoms with Crippen molar-refractivity contribution < 1.29 is 9.59 Å². The predicted octanol–water partition coefficient (Wildman–Crippen LogP) is 4.69. The van der Waals surface area contributed by atoms with E-state index in [1.807, 2.05) is 17.0 Å². The van der Waals surface area contributed by atoms with Gasteiger partial charge in [-0.25, -0.2) is 0 Å². The summed E-state index contributed by atoms with van der Waals surface area (Å²) in [5.74, 6) is 0.139. The zero-order valence-corrected chi connectivity index (χ0v) is 23.7. The minimum absolute atomic E-state index is 0. The standard InChI is InChI=1S/C28H36Cl2N4O2.ClH/c1-18(2)12-25(27(35)32-15-20-9-11-23(29)24(30)13-20)34-17-22(10-8-19-6-4-3-5-7-19)33-16-21(31)14-26(33)28(34)36;/h3-7,9,11,13,18,21-22,25-26H,8,10,12,14-17,31H2,1-2H3,(H,32,35);1H/t21-,22?,25-,26+;/m1./s1. The third kappa shape index (κ3) is 7.39. The average Bonchev–Trinajstić information content (AvgIpc) is 3.25. The first-order valence-corrected chi connectivity index (χ1v) is 13.6. The number of fused-ring (bicyclic) bond motifs is 1. The van der Waals surface area contributed by atoms with Gasteiger partial charge in [0, 0.05) is 31.7 Å². The van der Waals surface area contributed by atoms with E-state index in [1.165, 1.54) is 5.56 Å². The second kappa shape index (κ2) is 13.3. The van der Waals surface area contributed by atoms with Crippen LogP contribution < -0.4 is 11.1 Å². The van der Waals surface area contributed by atoms with Crippen LogP contribution >= 0.6 is 35.6 Å². The minimum atomic E-state index is -0.529. The summed E-state index contributed by atoms with van der Waals surface area (Å²) in [5, 5.41) is 3.96. The van der Waals surface area contributed by atoms with E-state index in [0.29, 0.717) is 36.0 Å². The fourth-order valence-corrected chi connectivity index (χ4v) is 5.77. The van der Waals surface area contributed by atoms with Crippen LogP contribution in [0.3, 0.4) is 0 Å². The lowest BCUT2D eigenvalue weighted by atomic mass is 9.95. The molecule has 4 atom stereocenters. The number of nitrogens with one attached hydrogen (secondary N) is 1. The van der Waals surface area contributed by atoms with Crippen molar-refractivity contribution >= 4 is 47.4 Å². The van der Waals surface area contributed by atoms with Gasteiger partial charge in [-0.2, -0.15) is 0 Å². The van der Waals surface area contributed by atoms with Crippen molar-refractivity contribution in [3.05, 3.63) is 69.7 Å². The number of hydrogen-bond acceptors (Lipinski definition) is 4.